The third-order valence-electron chi connectivity index (χ3n) is 4.76. The van der Waals surface area contributed by atoms with Crippen LogP contribution < -0.4 is 5.32 Å². The summed E-state index contributed by atoms with van der Waals surface area (Å²) in [6.45, 7) is 8.94. The topological polar surface area (TPSA) is 46.9 Å². The van der Waals surface area contributed by atoms with Gasteiger partial charge >= 0.3 is 0 Å². The van der Waals surface area contributed by atoms with Gasteiger partial charge in [0, 0.05) is 6.20 Å². The summed E-state index contributed by atoms with van der Waals surface area (Å²) in [7, 11) is 0. The number of nitrogens with one attached hydrogen (secondary N) is 1. The van der Waals surface area contributed by atoms with Crippen molar-refractivity contribution in [3.63, 3.8) is 0 Å². The Morgan fingerprint density at radius 1 is 1.16 bits per heavy atom. The quantitative estimate of drug-likeness (QED) is 0.722. The zero-order chi connectivity index (χ0) is 18.4. The van der Waals surface area contributed by atoms with E-state index in [1.807, 2.05) is 6.92 Å². The lowest BCUT2D eigenvalue weighted by Gasteiger charge is -2.21. The van der Waals surface area contributed by atoms with Crippen LogP contribution in [0.25, 0.3) is 0 Å². The maximum absolute atomic E-state index is 12.5. The van der Waals surface area contributed by atoms with Gasteiger partial charge in [-0.15, -0.1) is 0 Å². The molecule has 25 heavy (non-hydrogen) atoms. The van der Waals surface area contributed by atoms with Gasteiger partial charge in [0.25, 0.3) is 0 Å². The van der Waals surface area contributed by atoms with Gasteiger partial charge in [0.15, 0.2) is 0 Å². The summed E-state index contributed by atoms with van der Waals surface area (Å²) in [4.78, 5) is 12.5. The molecular weight excluding hydrogens is 334 g/mol. The molecule has 0 aliphatic carbocycles. The highest BCUT2D eigenvalue weighted by molar-refractivity contribution is 6.30. The first-order chi connectivity index (χ1) is 11.9. The van der Waals surface area contributed by atoms with Crippen LogP contribution >= 0.6 is 11.6 Å². The van der Waals surface area contributed by atoms with E-state index in [1.54, 1.807) is 17.1 Å². The first-order valence-corrected chi connectivity index (χ1v) is 9.40. The van der Waals surface area contributed by atoms with Crippen molar-refractivity contribution in [1.82, 2.24) is 15.1 Å². The Morgan fingerprint density at radius 3 is 2.32 bits per heavy atom. The minimum absolute atomic E-state index is 0.0298. The molecule has 4 nitrogen and oxygen atoms in total. The van der Waals surface area contributed by atoms with E-state index in [0.717, 1.165) is 18.4 Å². The summed E-state index contributed by atoms with van der Waals surface area (Å²) >= 11 is 5.87. The number of aromatic nitrogens is 2. The summed E-state index contributed by atoms with van der Waals surface area (Å²) in [5.74, 6) is 0.415. The Labute approximate surface area is 155 Å². The highest BCUT2D eigenvalue weighted by Gasteiger charge is 2.19. The van der Waals surface area contributed by atoms with Gasteiger partial charge in [-0.2, -0.15) is 5.10 Å². The van der Waals surface area contributed by atoms with Gasteiger partial charge in [-0.05, 0) is 29.9 Å². The largest absolute Gasteiger partial charge is 0.349 e. The molecule has 1 heterocycles. The van der Waals surface area contributed by atoms with Gasteiger partial charge in [-0.3, -0.25) is 9.48 Å². The molecule has 3 atom stereocenters. The zero-order valence-electron chi connectivity index (χ0n) is 15.5. The van der Waals surface area contributed by atoms with Crippen molar-refractivity contribution in [1.29, 1.82) is 0 Å². The third-order valence-corrected chi connectivity index (χ3v) is 4.95. The van der Waals surface area contributed by atoms with E-state index in [9.17, 15) is 4.79 Å². The average Bonchev–Trinajstić information content (AvgIpc) is 3.03. The lowest BCUT2D eigenvalue weighted by atomic mass is 9.95. The number of carbonyl (C=O) groups excluding carboxylic acids is 1. The summed E-state index contributed by atoms with van der Waals surface area (Å²) in [5, 5.41) is 7.88. The molecule has 136 valence electrons. The molecule has 0 saturated heterocycles. The maximum Gasteiger partial charge on any atom is 0.225 e. The lowest BCUT2D eigenvalue weighted by molar-refractivity contribution is -0.125. The van der Waals surface area contributed by atoms with E-state index < -0.39 is 0 Å². The van der Waals surface area contributed by atoms with Gasteiger partial charge in [0.2, 0.25) is 5.91 Å². The molecule has 0 aliphatic rings. The number of halogens is 1. The van der Waals surface area contributed by atoms with Gasteiger partial charge < -0.3 is 5.32 Å². The number of benzene rings is 1. The van der Waals surface area contributed by atoms with Crippen molar-refractivity contribution < 1.29 is 4.79 Å². The second-order valence-corrected chi connectivity index (χ2v) is 7.16. The molecule has 0 bridgehead atoms. The van der Waals surface area contributed by atoms with Crippen LogP contribution in [0.15, 0.2) is 36.7 Å². The van der Waals surface area contributed by atoms with E-state index in [1.165, 1.54) is 5.56 Å². The molecular formula is C20H28ClN3O. The summed E-state index contributed by atoms with van der Waals surface area (Å²) in [5.41, 5.74) is 2.49. The highest BCUT2D eigenvalue weighted by Crippen LogP contribution is 2.23. The molecule has 0 radical (unpaired) electrons. The van der Waals surface area contributed by atoms with Crippen molar-refractivity contribution in [3.05, 3.63) is 52.8 Å². The normalized spacial score (nSPS) is 14.8. The van der Waals surface area contributed by atoms with E-state index in [2.05, 4.69) is 55.5 Å². The summed E-state index contributed by atoms with van der Waals surface area (Å²) in [6, 6.07) is 8.64. The first kappa shape index (κ1) is 19.5. The molecule has 0 fully saturated rings. The molecule has 0 spiro atoms. The zero-order valence-corrected chi connectivity index (χ0v) is 16.3. The van der Waals surface area contributed by atoms with Crippen molar-refractivity contribution in [2.24, 2.45) is 5.92 Å². The van der Waals surface area contributed by atoms with Gasteiger partial charge in [-0.1, -0.05) is 63.6 Å². The number of carbonyl (C=O) groups is 1. The van der Waals surface area contributed by atoms with Crippen molar-refractivity contribution in [2.75, 3.05) is 0 Å². The van der Waals surface area contributed by atoms with Crippen LogP contribution in [0.5, 0.6) is 0 Å². The molecule has 1 aromatic heterocycles. The number of nitrogens with zero attached hydrogens (tertiary/aromatic N) is 2. The SMILES string of the molecule is CCC(C)c1ccc(C(CC)NC(=O)C(C)Cn2cc(Cl)cn2)cc1. The maximum atomic E-state index is 12.5. The molecule has 2 aromatic rings. The lowest BCUT2D eigenvalue weighted by Crippen LogP contribution is -2.34. The monoisotopic (exact) mass is 361 g/mol. The van der Waals surface area contributed by atoms with Crippen molar-refractivity contribution >= 4 is 17.5 Å². The molecule has 0 saturated carbocycles. The number of hydrogen-bond acceptors (Lipinski definition) is 2. The van der Waals surface area contributed by atoms with Crippen LogP contribution in [0.1, 0.15) is 63.6 Å². The Kier molecular flexibility index (Phi) is 7.06. The third kappa shape index (κ3) is 5.33. The van der Waals surface area contributed by atoms with E-state index in [4.69, 9.17) is 11.6 Å². The smallest absolute Gasteiger partial charge is 0.225 e. The summed E-state index contributed by atoms with van der Waals surface area (Å²) < 4.78 is 1.70. The van der Waals surface area contributed by atoms with Crippen LogP contribution in [0.4, 0.5) is 0 Å². The Balaban J connectivity index is 1.99. The minimum atomic E-state index is -0.176. The van der Waals surface area contributed by atoms with Gasteiger partial charge in [0.05, 0.1) is 29.7 Å². The minimum Gasteiger partial charge on any atom is -0.349 e. The fourth-order valence-corrected chi connectivity index (χ4v) is 2.99. The number of rotatable bonds is 8. The standard InChI is InChI=1S/C20H28ClN3O/c1-5-14(3)16-7-9-17(10-8-16)19(6-2)23-20(25)15(4)12-24-13-18(21)11-22-24/h7-11,13-15,19H,5-6,12H2,1-4H3,(H,23,25). The van der Waals surface area contributed by atoms with Crippen LogP contribution in [-0.2, 0) is 11.3 Å². The van der Waals surface area contributed by atoms with Crippen LogP contribution in [0.3, 0.4) is 0 Å². The Morgan fingerprint density at radius 2 is 1.80 bits per heavy atom. The molecule has 1 amide bonds. The van der Waals surface area contributed by atoms with Crippen molar-refractivity contribution in [2.45, 2.75) is 59.0 Å². The fourth-order valence-electron chi connectivity index (χ4n) is 2.83. The van der Waals surface area contributed by atoms with E-state index in [-0.39, 0.29) is 17.9 Å². The van der Waals surface area contributed by atoms with Gasteiger partial charge in [-0.25, -0.2) is 0 Å². The van der Waals surface area contributed by atoms with Crippen molar-refractivity contribution in [3.8, 4) is 0 Å². The Bertz CT molecular complexity index is 681. The second-order valence-electron chi connectivity index (χ2n) is 6.73. The second kappa shape index (κ2) is 9.04. The highest BCUT2D eigenvalue weighted by atomic mass is 35.5. The number of hydrogen-bond donors (Lipinski definition) is 1. The van der Waals surface area contributed by atoms with Crippen LogP contribution in [-0.4, -0.2) is 15.7 Å². The molecule has 2 rings (SSSR count). The Hall–Kier alpha value is -1.81. The van der Waals surface area contributed by atoms with Gasteiger partial charge in [0.1, 0.15) is 0 Å². The molecule has 1 N–H and O–H groups in total. The molecule has 3 unspecified atom stereocenters. The molecule has 5 heteroatoms. The molecule has 0 aliphatic heterocycles. The first-order valence-electron chi connectivity index (χ1n) is 9.02. The predicted octanol–water partition coefficient (Wildman–Crippen LogP) is 4.95. The summed E-state index contributed by atoms with van der Waals surface area (Å²) in [6.07, 6.45) is 5.30. The molecule has 1 aromatic carbocycles. The van der Waals surface area contributed by atoms with E-state index >= 15 is 0 Å². The van der Waals surface area contributed by atoms with Crippen LogP contribution in [0, 0.1) is 5.92 Å². The van der Waals surface area contributed by atoms with Crippen LogP contribution in [0.2, 0.25) is 5.02 Å². The number of amides is 1. The predicted molar refractivity (Wildman–Crippen MR) is 103 cm³/mol. The fraction of sp³-hybridized carbons (Fsp3) is 0.500. The van der Waals surface area contributed by atoms with E-state index in [0.29, 0.717) is 17.5 Å². The average molecular weight is 362 g/mol.